The van der Waals surface area contributed by atoms with Crippen LogP contribution in [0.25, 0.3) is 0 Å². The summed E-state index contributed by atoms with van der Waals surface area (Å²) in [6, 6.07) is 11.9. The van der Waals surface area contributed by atoms with Crippen LogP contribution in [0.2, 0.25) is 5.02 Å². The maximum Gasteiger partial charge on any atom is 0.339 e. The molecule has 1 fully saturated rings. The largest absolute Gasteiger partial charge is 0.478 e. The Labute approximate surface area is 179 Å². The average molecular weight is 453 g/mol. The van der Waals surface area contributed by atoms with E-state index in [0.717, 1.165) is 0 Å². The molecule has 0 aromatic heterocycles. The second-order valence-corrected chi connectivity index (χ2v) is 9.06. The SMILES string of the molecule is O=C(O)c1ccccc1C(=O)OCCN1CCN(S(=O)(=O)c2ccc(Cl)cc2)CC1. The number of hydrogen-bond donors (Lipinski definition) is 1. The van der Waals surface area contributed by atoms with Gasteiger partial charge in [0.1, 0.15) is 6.61 Å². The highest BCUT2D eigenvalue weighted by molar-refractivity contribution is 7.89. The summed E-state index contributed by atoms with van der Waals surface area (Å²) < 4.78 is 32.0. The molecule has 0 atom stereocenters. The molecule has 0 unspecified atom stereocenters. The third kappa shape index (κ3) is 5.17. The lowest BCUT2D eigenvalue weighted by Gasteiger charge is -2.33. The van der Waals surface area contributed by atoms with Crippen molar-refractivity contribution in [2.24, 2.45) is 0 Å². The fraction of sp³-hybridized carbons (Fsp3) is 0.300. The summed E-state index contributed by atoms with van der Waals surface area (Å²) in [5.74, 6) is -1.89. The zero-order valence-corrected chi connectivity index (χ0v) is 17.6. The number of carbonyl (C=O) groups is 2. The molecule has 1 heterocycles. The normalized spacial score (nSPS) is 15.6. The molecule has 8 nitrogen and oxygen atoms in total. The topological polar surface area (TPSA) is 104 Å². The molecule has 1 aliphatic heterocycles. The summed E-state index contributed by atoms with van der Waals surface area (Å²) in [4.78, 5) is 25.6. The highest BCUT2D eigenvalue weighted by atomic mass is 35.5. The number of piperazine rings is 1. The number of carboxylic acid groups (broad SMARTS) is 1. The molecule has 0 spiro atoms. The van der Waals surface area contributed by atoms with E-state index >= 15 is 0 Å². The van der Waals surface area contributed by atoms with Gasteiger partial charge in [0.15, 0.2) is 0 Å². The van der Waals surface area contributed by atoms with Crippen LogP contribution in [-0.2, 0) is 14.8 Å². The minimum Gasteiger partial charge on any atom is -0.478 e. The smallest absolute Gasteiger partial charge is 0.339 e. The minimum atomic E-state index is -3.58. The number of esters is 1. The van der Waals surface area contributed by atoms with Gasteiger partial charge in [-0.3, -0.25) is 4.90 Å². The quantitative estimate of drug-likeness (QED) is 0.642. The van der Waals surface area contributed by atoms with Gasteiger partial charge in [-0.25, -0.2) is 18.0 Å². The molecule has 1 N–H and O–H groups in total. The van der Waals surface area contributed by atoms with Gasteiger partial charge in [-0.15, -0.1) is 0 Å². The van der Waals surface area contributed by atoms with E-state index in [-0.39, 0.29) is 22.6 Å². The molecule has 2 aromatic carbocycles. The van der Waals surface area contributed by atoms with E-state index in [0.29, 0.717) is 37.7 Å². The van der Waals surface area contributed by atoms with E-state index in [1.807, 2.05) is 4.90 Å². The highest BCUT2D eigenvalue weighted by Crippen LogP contribution is 2.20. The standard InChI is InChI=1S/C20H21ClN2O6S/c21-15-5-7-16(8-6-15)30(27,28)23-11-9-22(10-12-23)13-14-29-20(26)18-4-2-1-3-17(18)19(24)25/h1-8H,9-14H2,(H,24,25). The van der Waals surface area contributed by atoms with Gasteiger partial charge in [0.05, 0.1) is 16.0 Å². The summed E-state index contributed by atoms with van der Waals surface area (Å²) in [5, 5.41) is 9.63. The number of carboxylic acids is 1. The number of hydrogen-bond acceptors (Lipinski definition) is 6. The van der Waals surface area contributed by atoms with Gasteiger partial charge >= 0.3 is 11.9 Å². The van der Waals surface area contributed by atoms with Crippen LogP contribution in [0.1, 0.15) is 20.7 Å². The highest BCUT2D eigenvalue weighted by Gasteiger charge is 2.28. The molecule has 0 saturated carbocycles. The molecule has 0 bridgehead atoms. The summed E-state index contributed by atoms with van der Waals surface area (Å²) in [7, 11) is -3.58. The number of carbonyl (C=O) groups excluding carboxylic acids is 1. The number of halogens is 1. The third-order valence-corrected chi connectivity index (χ3v) is 6.97. The Bertz CT molecular complexity index is 1020. The van der Waals surface area contributed by atoms with E-state index in [4.69, 9.17) is 21.4 Å². The van der Waals surface area contributed by atoms with Gasteiger partial charge in [0.2, 0.25) is 10.0 Å². The van der Waals surface area contributed by atoms with Gasteiger partial charge in [-0.2, -0.15) is 4.31 Å². The van der Waals surface area contributed by atoms with E-state index in [1.54, 1.807) is 18.2 Å². The number of aromatic carboxylic acids is 1. The Morgan fingerprint density at radius 2 is 1.57 bits per heavy atom. The Kier molecular flexibility index (Phi) is 7.09. The molecule has 1 aliphatic rings. The third-order valence-electron chi connectivity index (χ3n) is 4.80. The first-order valence-corrected chi connectivity index (χ1v) is 11.1. The second-order valence-electron chi connectivity index (χ2n) is 6.69. The Balaban J connectivity index is 1.49. The Morgan fingerprint density at radius 1 is 0.967 bits per heavy atom. The van der Waals surface area contributed by atoms with Gasteiger partial charge in [0.25, 0.3) is 0 Å². The zero-order chi connectivity index (χ0) is 21.7. The average Bonchev–Trinajstić information content (AvgIpc) is 2.74. The van der Waals surface area contributed by atoms with Crippen LogP contribution in [0.5, 0.6) is 0 Å². The van der Waals surface area contributed by atoms with Gasteiger partial charge < -0.3 is 9.84 Å². The zero-order valence-electron chi connectivity index (χ0n) is 16.0. The molecule has 30 heavy (non-hydrogen) atoms. The molecule has 2 aromatic rings. The monoisotopic (exact) mass is 452 g/mol. The number of sulfonamides is 1. The maximum atomic E-state index is 12.7. The summed E-state index contributed by atoms with van der Waals surface area (Å²) in [5.41, 5.74) is -0.104. The molecular formula is C20H21ClN2O6S. The van der Waals surface area contributed by atoms with Crippen LogP contribution in [0.3, 0.4) is 0 Å². The van der Waals surface area contributed by atoms with E-state index < -0.39 is 22.0 Å². The van der Waals surface area contributed by atoms with Crippen molar-refractivity contribution in [2.45, 2.75) is 4.90 Å². The van der Waals surface area contributed by atoms with Crippen LogP contribution in [-0.4, -0.2) is 74.0 Å². The summed E-state index contributed by atoms with van der Waals surface area (Å²) in [6.07, 6.45) is 0. The second kappa shape index (κ2) is 9.57. The molecule has 0 radical (unpaired) electrons. The fourth-order valence-corrected chi connectivity index (χ4v) is 4.69. The number of benzene rings is 2. The molecular weight excluding hydrogens is 432 g/mol. The first-order chi connectivity index (χ1) is 14.3. The van der Waals surface area contributed by atoms with Crippen molar-refractivity contribution >= 4 is 33.6 Å². The summed E-state index contributed by atoms with van der Waals surface area (Å²) >= 11 is 5.82. The van der Waals surface area contributed by atoms with E-state index in [2.05, 4.69) is 0 Å². The first-order valence-electron chi connectivity index (χ1n) is 9.26. The Hall–Kier alpha value is -2.46. The predicted molar refractivity (Wildman–Crippen MR) is 110 cm³/mol. The van der Waals surface area contributed by atoms with Gasteiger partial charge in [-0.1, -0.05) is 23.7 Å². The summed E-state index contributed by atoms with van der Waals surface area (Å²) in [6.45, 7) is 2.14. The predicted octanol–water partition coefficient (Wildman–Crippen LogP) is 2.20. The van der Waals surface area contributed by atoms with Crippen LogP contribution in [0, 0.1) is 0 Å². The fourth-order valence-electron chi connectivity index (χ4n) is 3.14. The maximum absolute atomic E-state index is 12.7. The lowest BCUT2D eigenvalue weighted by Crippen LogP contribution is -2.49. The van der Waals surface area contributed by atoms with Crippen molar-refractivity contribution in [3.8, 4) is 0 Å². The van der Waals surface area contributed by atoms with Gasteiger partial charge in [-0.05, 0) is 36.4 Å². The number of rotatable bonds is 7. The van der Waals surface area contributed by atoms with Crippen molar-refractivity contribution < 1.29 is 27.9 Å². The van der Waals surface area contributed by atoms with Crippen LogP contribution in [0.15, 0.2) is 53.4 Å². The van der Waals surface area contributed by atoms with Gasteiger partial charge in [0, 0.05) is 37.7 Å². The number of ether oxygens (including phenoxy) is 1. The molecule has 3 rings (SSSR count). The van der Waals surface area contributed by atoms with E-state index in [9.17, 15) is 18.0 Å². The van der Waals surface area contributed by atoms with Crippen LogP contribution < -0.4 is 0 Å². The molecule has 0 aliphatic carbocycles. The molecule has 160 valence electrons. The first kappa shape index (κ1) is 22.2. The van der Waals surface area contributed by atoms with Crippen molar-refractivity contribution in [3.63, 3.8) is 0 Å². The minimum absolute atomic E-state index is 0.00359. The van der Waals surface area contributed by atoms with Crippen molar-refractivity contribution in [1.29, 1.82) is 0 Å². The molecule has 1 saturated heterocycles. The lowest BCUT2D eigenvalue weighted by atomic mass is 10.1. The Morgan fingerprint density at radius 3 is 2.17 bits per heavy atom. The molecule has 0 amide bonds. The number of nitrogens with zero attached hydrogens (tertiary/aromatic N) is 2. The van der Waals surface area contributed by atoms with Crippen molar-refractivity contribution in [1.82, 2.24) is 9.21 Å². The van der Waals surface area contributed by atoms with Crippen LogP contribution >= 0.6 is 11.6 Å². The molecule has 10 heteroatoms. The van der Waals surface area contributed by atoms with Crippen molar-refractivity contribution in [2.75, 3.05) is 39.3 Å². The van der Waals surface area contributed by atoms with Crippen LogP contribution in [0.4, 0.5) is 0 Å². The van der Waals surface area contributed by atoms with E-state index in [1.165, 1.54) is 34.6 Å². The lowest BCUT2D eigenvalue weighted by molar-refractivity contribution is 0.0437. The van der Waals surface area contributed by atoms with Crippen molar-refractivity contribution in [3.05, 3.63) is 64.7 Å².